The van der Waals surface area contributed by atoms with Crippen LogP contribution in [0.15, 0.2) is 65.2 Å². The molecule has 0 aliphatic carbocycles. The molecule has 0 saturated heterocycles. The number of nitriles is 1. The average Bonchev–Trinajstić information content (AvgIpc) is 2.71. The first-order valence-electron chi connectivity index (χ1n) is 10.5. The van der Waals surface area contributed by atoms with E-state index in [0.29, 0.717) is 17.1 Å². The minimum Gasteiger partial charge on any atom is -0.457 e. The Morgan fingerprint density at radius 3 is 2.19 bits per heavy atom. The molecule has 0 aliphatic rings. The van der Waals surface area contributed by atoms with Crippen molar-refractivity contribution in [3.05, 3.63) is 70.7 Å². The third-order valence-corrected chi connectivity index (χ3v) is 5.43. The summed E-state index contributed by atoms with van der Waals surface area (Å²) in [7, 11) is 0. The van der Waals surface area contributed by atoms with Gasteiger partial charge in [-0.05, 0) is 47.6 Å². The van der Waals surface area contributed by atoms with Gasteiger partial charge in [-0.2, -0.15) is 5.26 Å². The summed E-state index contributed by atoms with van der Waals surface area (Å²) in [5.41, 5.74) is 0.240. The van der Waals surface area contributed by atoms with E-state index in [9.17, 15) is 10.1 Å². The molecule has 4 nitrogen and oxygen atoms in total. The first-order valence-corrected chi connectivity index (χ1v) is 11.2. The van der Waals surface area contributed by atoms with Crippen molar-refractivity contribution in [2.45, 2.75) is 40.7 Å². The van der Waals surface area contributed by atoms with Gasteiger partial charge in [-0.15, -0.1) is 0 Å². The number of hydrogen-bond acceptors (Lipinski definition) is 4. The van der Waals surface area contributed by atoms with E-state index in [4.69, 9.17) is 32.7 Å². The predicted octanol–water partition coefficient (Wildman–Crippen LogP) is 7.84. The number of halogens is 2. The van der Waals surface area contributed by atoms with Crippen molar-refractivity contribution in [3.8, 4) is 17.6 Å². The number of carbonyl (C=O) groups is 1. The topological polar surface area (TPSA) is 59.3 Å². The molecule has 0 saturated carbocycles. The maximum atomic E-state index is 13.3. The van der Waals surface area contributed by atoms with Crippen LogP contribution in [0.1, 0.15) is 46.3 Å². The molecule has 0 aliphatic heterocycles. The van der Waals surface area contributed by atoms with Crippen LogP contribution >= 0.6 is 23.2 Å². The molecule has 6 heteroatoms. The molecule has 2 aromatic carbocycles. The Morgan fingerprint density at radius 2 is 1.66 bits per heavy atom. The van der Waals surface area contributed by atoms with E-state index in [-0.39, 0.29) is 21.7 Å². The van der Waals surface area contributed by atoms with Crippen molar-refractivity contribution in [1.82, 2.24) is 0 Å². The second-order valence-corrected chi connectivity index (χ2v) is 10.1. The van der Waals surface area contributed by atoms with Gasteiger partial charge in [-0.25, -0.2) is 0 Å². The predicted molar refractivity (Wildman–Crippen MR) is 128 cm³/mol. The first-order chi connectivity index (χ1) is 15.0. The van der Waals surface area contributed by atoms with Crippen LogP contribution in [0.2, 0.25) is 0 Å². The highest BCUT2D eigenvalue weighted by Gasteiger charge is 2.39. The van der Waals surface area contributed by atoms with Gasteiger partial charge in [0, 0.05) is 5.56 Å². The zero-order chi connectivity index (χ0) is 23.9. The zero-order valence-electron chi connectivity index (χ0n) is 19.0. The highest BCUT2D eigenvalue weighted by atomic mass is 35.5. The lowest BCUT2D eigenvalue weighted by atomic mass is 9.69. The molecular formula is C26H29Cl2NO3. The molecule has 170 valence electrons. The fourth-order valence-electron chi connectivity index (χ4n) is 3.59. The van der Waals surface area contributed by atoms with Gasteiger partial charge < -0.3 is 9.47 Å². The van der Waals surface area contributed by atoms with Crippen molar-refractivity contribution in [2.75, 3.05) is 0 Å². The van der Waals surface area contributed by atoms with Gasteiger partial charge in [-0.1, -0.05) is 88.2 Å². The first kappa shape index (κ1) is 25.8. The van der Waals surface area contributed by atoms with Gasteiger partial charge in [0.15, 0.2) is 0 Å². The van der Waals surface area contributed by atoms with Crippen molar-refractivity contribution in [3.63, 3.8) is 0 Å². The molecule has 0 amide bonds. The van der Waals surface area contributed by atoms with Crippen LogP contribution in [0.3, 0.4) is 0 Å². The molecule has 0 N–H and O–H groups in total. The quantitative estimate of drug-likeness (QED) is 0.366. The van der Waals surface area contributed by atoms with Gasteiger partial charge in [0.25, 0.3) is 0 Å². The van der Waals surface area contributed by atoms with Gasteiger partial charge in [0.1, 0.15) is 22.1 Å². The number of rotatable bonds is 8. The summed E-state index contributed by atoms with van der Waals surface area (Å²) in [5.74, 6) is -0.0914. The minimum atomic E-state index is -1.07. The molecule has 0 spiro atoms. The zero-order valence-corrected chi connectivity index (χ0v) is 20.5. The highest BCUT2D eigenvalue weighted by Crippen LogP contribution is 2.40. The molecule has 0 aromatic heterocycles. The molecule has 3 unspecified atom stereocenters. The molecule has 2 aromatic rings. The molecule has 0 fully saturated rings. The van der Waals surface area contributed by atoms with E-state index in [1.807, 2.05) is 65.0 Å². The van der Waals surface area contributed by atoms with E-state index in [2.05, 4.69) is 6.07 Å². The fraction of sp³-hybridized carbons (Fsp3) is 0.385. The maximum absolute atomic E-state index is 13.3. The van der Waals surface area contributed by atoms with E-state index in [1.165, 1.54) is 0 Å². The van der Waals surface area contributed by atoms with E-state index >= 15 is 0 Å². The summed E-state index contributed by atoms with van der Waals surface area (Å²) in [4.78, 5) is 13.3. The van der Waals surface area contributed by atoms with Crippen molar-refractivity contribution >= 4 is 29.2 Å². The Morgan fingerprint density at radius 1 is 1.03 bits per heavy atom. The number of esters is 1. The number of carbonyl (C=O) groups excluding carboxylic acids is 1. The molecule has 0 bridgehead atoms. The van der Waals surface area contributed by atoms with Crippen LogP contribution in [0, 0.1) is 34.5 Å². The van der Waals surface area contributed by atoms with Crippen LogP contribution in [0.25, 0.3) is 0 Å². The monoisotopic (exact) mass is 473 g/mol. The van der Waals surface area contributed by atoms with Crippen molar-refractivity contribution in [1.29, 1.82) is 5.26 Å². The third-order valence-electron chi connectivity index (χ3n) is 5.17. The summed E-state index contributed by atoms with van der Waals surface area (Å²) in [6.07, 6.45) is 0.615. The van der Waals surface area contributed by atoms with E-state index < -0.39 is 18.0 Å². The number of benzene rings is 2. The van der Waals surface area contributed by atoms with E-state index in [0.717, 1.165) is 0 Å². The van der Waals surface area contributed by atoms with Crippen LogP contribution in [0.4, 0.5) is 0 Å². The number of nitrogens with zero attached hydrogens (tertiary/aromatic N) is 1. The molecular weight excluding hydrogens is 445 g/mol. The van der Waals surface area contributed by atoms with E-state index in [1.54, 1.807) is 30.3 Å². The van der Waals surface area contributed by atoms with Crippen LogP contribution in [-0.2, 0) is 9.53 Å². The molecule has 3 atom stereocenters. The second-order valence-electron chi connectivity index (χ2n) is 9.05. The standard InChI is InChI=1S/C26H29Cl2NO3/c1-17(2)24(21(15-23(27)28)26(3,4)5)25(30)32-22(16-29)18-10-9-13-20(14-18)31-19-11-7-6-8-12-19/h6-15,17,21-22,24H,1-5H3. The lowest BCUT2D eigenvalue weighted by molar-refractivity contribution is -0.156. The van der Waals surface area contributed by atoms with Crippen LogP contribution in [-0.4, -0.2) is 5.97 Å². The normalized spacial score (nSPS) is 14.1. The third kappa shape index (κ3) is 7.29. The fourth-order valence-corrected chi connectivity index (χ4v) is 3.86. The molecule has 2 rings (SSSR count). The Labute approximate surface area is 200 Å². The number of ether oxygens (including phenoxy) is 2. The number of hydrogen-bond donors (Lipinski definition) is 0. The summed E-state index contributed by atoms with van der Waals surface area (Å²) in [6.45, 7) is 9.92. The summed E-state index contributed by atoms with van der Waals surface area (Å²) in [5, 5.41) is 9.75. The van der Waals surface area contributed by atoms with Gasteiger partial charge >= 0.3 is 5.97 Å². The Hall–Kier alpha value is -2.48. The van der Waals surface area contributed by atoms with Gasteiger partial charge in [-0.3, -0.25) is 4.79 Å². The Bertz CT molecular complexity index is 971. The lowest BCUT2D eigenvalue weighted by Gasteiger charge is -2.36. The molecule has 0 heterocycles. The van der Waals surface area contributed by atoms with Crippen molar-refractivity contribution in [2.24, 2.45) is 23.2 Å². The Kier molecular flexibility index (Phi) is 9.19. The average molecular weight is 474 g/mol. The lowest BCUT2D eigenvalue weighted by Crippen LogP contribution is -2.37. The van der Waals surface area contributed by atoms with Gasteiger partial charge in [0.2, 0.25) is 6.10 Å². The number of allylic oxidation sites excluding steroid dienone is 1. The van der Waals surface area contributed by atoms with Crippen LogP contribution < -0.4 is 4.74 Å². The Balaban J connectivity index is 2.28. The molecule has 0 radical (unpaired) electrons. The smallest absolute Gasteiger partial charge is 0.311 e. The highest BCUT2D eigenvalue weighted by molar-refractivity contribution is 6.55. The minimum absolute atomic E-state index is 0.0530. The maximum Gasteiger partial charge on any atom is 0.311 e. The number of para-hydroxylation sites is 1. The summed E-state index contributed by atoms with van der Waals surface area (Å²) >= 11 is 11.9. The van der Waals surface area contributed by atoms with Crippen LogP contribution in [0.5, 0.6) is 11.5 Å². The second kappa shape index (κ2) is 11.4. The van der Waals surface area contributed by atoms with Gasteiger partial charge in [0.05, 0.1) is 5.92 Å². The largest absolute Gasteiger partial charge is 0.457 e. The van der Waals surface area contributed by atoms with Crippen molar-refractivity contribution < 1.29 is 14.3 Å². The SMILES string of the molecule is CC(C)C(C(=O)OC(C#N)c1cccc(Oc2ccccc2)c1)C(C=C(Cl)Cl)C(C)(C)C. The molecule has 32 heavy (non-hydrogen) atoms. The summed E-state index contributed by atoms with van der Waals surface area (Å²) in [6, 6.07) is 18.4. The summed E-state index contributed by atoms with van der Waals surface area (Å²) < 4.78 is 11.6.